The molecule has 0 aromatic heterocycles. The second kappa shape index (κ2) is 78.5. The molecule has 0 unspecified atom stereocenters. The molecule has 146 heavy (non-hydrogen) atoms. The highest BCUT2D eigenvalue weighted by molar-refractivity contribution is 7.86. The molecule has 29 nitrogen and oxygen atoms in total. The number of halogens is 1. The standard InChI is InChI=1S/C22H26O5.C21H34O4.C15H24ClNO2.C15H22O4.C13H10O3.C9H18O3.C7H16O3S.C4H8O2.2C4H8O.CH4/c1-16(13-14-20(23)27-22(2,3)4)25-18-11-8-12-19(15-18)26-21(24)17-9-6-5-7-10-17;1-7-17(8-2)15-23-18-10-9-11-19(14-18)24-16(3)12-13-20(22)25-21(4,5)6;1-4-13(5-2)11-18-14-7-6-8-15(9-14)19-12(3)10-17-16;1-11(8-9-14(17)19-15(2,3)4)18-13-7-5-6-12(16)10-13;14-11-7-4-8-12(9-11)16-13(15)10-5-2-1-3-6-10;1-7(10)5-6-8(11)12-9(2,3)4;1-4-7(5-2)6-10-11(3,8)9;1-3-6-4(2)5;2*1-2-4-5-3-1;/h5-12,15-16H,13-14H2,1-4H3;9-11,14,16-17H,7-8,12-13,15H2,1-6H3;6-9,12-13,17H,4-5,10-11H2,1-3H3;5-7,10-11,16H,8-9H2,1-4H3;1-9,14H;7,10H,5-6H2,1-4H3;7H,4-6H2,1-3H3;3H2,1-2H3;2*1-4H2;1H4/t2*16-;12-;11-;;7-;;;;;/m0000.1...../s1. The third kappa shape index (κ3) is 79.5. The van der Waals surface area contributed by atoms with Crippen molar-refractivity contribution >= 4 is 63.7 Å². The Balaban J connectivity index is 0. The number of phenolic OH excluding ortho intramolecular Hbond substituents is 2. The first-order valence-electron chi connectivity index (χ1n) is 50.6. The smallest absolute Gasteiger partial charge is 0.343 e. The quantitative estimate of drug-likeness (QED) is 0.00907. The minimum Gasteiger partial charge on any atom is -0.508 e. The number of nitrogens with one attached hydrogen (secondary N) is 1. The van der Waals surface area contributed by atoms with Crippen LogP contribution in [0.2, 0.25) is 0 Å². The summed E-state index contributed by atoms with van der Waals surface area (Å²) in [4.78, 5) is 82.3. The van der Waals surface area contributed by atoms with E-state index in [0.29, 0.717) is 110 Å². The number of aliphatic hydroxyl groups excluding tert-OH is 1. The van der Waals surface area contributed by atoms with E-state index in [0.717, 1.165) is 107 Å². The number of esters is 7. The SMILES string of the molecule is C.C1CCOC1.C1CCOC1.CCC(CC)COS(C)(=O)=O.CCC(CC)COc1cccc(O[C@@H](C)CCC(=O)OC(C)(C)C)c1.CCC(CC)COc1cccc(O[C@@H](C)CNCl)c1.CCOC(C)=O.C[C@@H](CCC(=O)OC(C)(C)C)Oc1cccc(O)c1.C[C@@H](CCC(=O)OC(C)(C)C)Oc1cccc(OC(=O)c2ccccc2)c1.C[C@@H](O)CCC(=O)OC(C)(C)C.O=C(Oc1cccc(O)c1)c1ccccc1. The molecule has 9 rings (SSSR count). The lowest BCUT2D eigenvalue weighted by molar-refractivity contribution is -0.156. The fourth-order valence-electron chi connectivity index (χ4n) is 12.0. The van der Waals surface area contributed by atoms with Crippen molar-refractivity contribution in [2.75, 3.05) is 65.7 Å². The Morgan fingerprint density at radius 3 is 0.925 bits per heavy atom. The zero-order valence-corrected chi connectivity index (χ0v) is 92.9. The van der Waals surface area contributed by atoms with Crippen molar-refractivity contribution in [1.29, 1.82) is 0 Å². The van der Waals surface area contributed by atoms with Crippen LogP contribution in [-0.2, 0) is 71.4 Å². The summed E-state index contributed by atoms with van der Waals surface area (Å²) in [5, 5.41) is 27.4. The van der Waals surface area contributed by atoms with Gasteiger partial charge in [-0.1, -0.05) is 154 Å². The number of phenols is 2. The largest absolute Gasteiger partial charge is 0.508 e. The van der Waals surface area contributed by atoms with Crippen molar-refractivity contribution in [1.82, 2.24) is 4.84 Å². The lowest BCUT2D eigenvalue weighted by atomic mass is 10.1. The number of hydrogen-bond acceptors (Lipinski definition) is 29. The third-order valence-corrected chi connectivity index (χ3v) is 20.6. The molecule has 2 aliphatic heterocycles. The molecule has 2 fully saturated rings. The summed E-state index contributed by atoms with van der Waals surface area (Å²) in [7, 11) is -3.24. The second-order valence-electron chi connectivity index (χ2n) is 38.6. The second-order valence-corrected chi connectivity index (χ2v) is 40.5. The fourth-order valence-corrected chi connectivity index (χ4v) is 12.7. The van der Waals surface area contributed by atoms with Crippen LogP contribution in [0.15, 0.2) is 182 Å². The summed E-state index contributed by atoms with van der Waals surface area (Å²) in [6, 6.07) is 52.6. The van der Waals surface area contributed by atoms with Crippen LogP contribution in [0.25, 0.3) is 0 Å². The molecule has 7 aromatic carbocycles. The molecule has 0 bridgehead atoms. The molecule has 2 heterocycles. The molecule has 0 aliphatic carbocycles. The van der Waals surface area contributed by atoms with Crippen LogP contribution in [0.1, 0.15) is 317 Å². The predicted molar refractivity (Wildman–Crippen MR) is 578 cm³/mol. The highest BCUT2D eigenvalue weighted by atomic mass is 35.5. The van der Waals surface area contributed by atoms with E-state index in [4.69, 9.17) is 83.2 Å². The van der Waals surface area contributed by atoms with Gasteiger partial charge in [0.25, 0.3) is 10.1 Å². The maximum absolute atomic E-state index is 12.1. The minimum absolute atomic E-state index is 0. The van der Waals surface area contributed by atoms with Crippen molar-refractivity contribution in [2.45, 2.75) is 349 Å². The number of carbonyl (C=O) groups excluding carboxylic acids is 7. The predicted octanol–water partition coefficient (Wildman–Crippen LogP) is 25.8. The summed E-state index contributed by atoms with van der Waals surface area (Å²) in [5.41, 5.74) is -0.845. The molecular formula is C115H178ClNO28S. The maximum Gasteiger partial charge on any atom is 0.343 e. The molecule has 7 aromatic rings. The third-order valence-electron chi connectivity index (χ3n) is 19.9. The summed E-state index contributed by atoms with van der Waals surface area (Å²) >= 11 is 5.46. The first-order valence-corrected chi connectivity index (χ1v) is 52.8. The molecule has 2 saturated heterocycles. The maximum atomic E-state index is 12.1. The Bertz CT molecular complexity index is 4700. The molecule has 824 valence electrons. The molecule has 0 saturated carbocycles. The van der Waals surface area contributed by atoms with Crippen molar-refractivity contribution in [3.63, 3.8) is 0 Å². The van der Waals surface area contributed by atoms with Gasteiger partial charge in [0.1, 0.15) is 86.0 Å². The number of aromatic hydroxyl groups is 2. The normalized spacial score (nSPS) is 12.8. The molecule has 31 heteroatoms. The summed E-state index contributed by atoms with van der Waals surface area (Å²) in [5.74, 6) is 4.96. The summed E-state index contributed by atoms with van der Waals surface area (Å²) in [6.45, 7) is 54.4. The first-order chi connectivity index (χ1) is 68.2. The Hall–Kier alpha value is -10.7. The van der Waals surface area contributed by atoms with Crippen LogP contribution >= 0.6 is 11.8 Å². The molecule has 2 aliphatic rings. The zero-order chi connectivity index (χ0) is 109. The van der Waals surface area contributed by atoms with Crippen LogP contribution in [0.3, 0.4) is 0 Å². The van der Waals surface area contributed by atoms with E-state index in [2.05, 4.69) is 41.5 Å². The van der Waals surface area contributed by atoms with E-state index in [1.807, 2.05) is 185 Å². The van der Waals surface area contributed by atoms with Gasteiger partial charge in [0.05, 0.1) is 68.2 Å². The van der Waals surface area contributed by atoms with Crippen molar-refractivity contribution in [3.8, 4) is 57.5 Å². The molecular weight excluding hydrogens is 1910 g/mol. The average molecular weight is 2090 g/mol. The Morgan fingerprint density at radius 1 is 0.384 bits per heavy atom. The number of benzene rings is 7. The van der Waals surface area contributed by atoms with Gasteiger partial charge in [0.15, 0.2) is 0 Å². The highest BCUT2D eigenvalue weighted by Gasteiger charge is 2.23. The lowest BCUT2D eigenvalue weighted by Crippen LogP contribution is -2.25. The number of aliphatic hydroxyl groups is 1. The van der Waals surface area contributed by atoms with Gasteiger partial charge in [-0.2, -0.15) is 8.42 Å². The van der Waals surface area contributed by atoms with Gasteiger partial charge in [-0.25, -0.2) is 14.4 Å². The minimum atomic E-state index is -3.24. The van der Waals surface area contributed by atoms with Crippen LogP contribution < -0.4 is 42.7 Å². The van der Waals surface area contributed by atoms with Crippen molar-refractivity contribution in [2.24, 2.45) is 17.8 Å². The summed E-state index contributed by atoms with van der Waals surface area (Å²) < 4.78 is 106. The van der Waals surface area contributed by atoms with E-state index in [1.54, 1.807) is 123 Å². The number of ether oxygens (including phenoxy) is 15. The van der Waals surface area contributed by atoms with Gasteiger partial charge in [-0.05, 0) is 290 Å². The Kier molecular flexibility index (Phi) is 73.8. The first kappa shape index (κ1) is 137. The van der Waals surface area contributed by atoms with E-state index in [-0.39, 0.29) is 86.0 Å². The fraction of sp³-hybridized carbons (Fsp3) is 0.574. The van der Waals surface area contributed by atoms with Crippen LogP contribution in [0.4, 0.5) is 0 Å². The topological polar surface area (TPSA) is 374 Å². The molecule has 5 atom stereocenters. The highest BCUT2D eigenvalue weighted by Crippen LogP contribution is 2.29. The van der Waals surface area contributed by atoms with Crippen molar-refractivity contribution < 1.29 is 133 Å². The van der Waals surface area contributed by atoms with Gasteiger partial charge in [-0.15, -0.1) is 0 Å². The van der Waals surface area contributed by atoms with E-state index >= 15 is 0 Å². The monoisotopic (exact) mass is 2090 g/mol. The molecule has 0 radical (unpaired) electrons. The molecule has 0 spiro atoms. The van der Waals surface area contributed by atoms with Gasteiger partial charge < -0.3 is 86.4 Å². The molecule has 4 N–H and O–H groups in total. The average Bonchev–Trinajstić information content (AvgIpc) is 1.56. The Labute approximate surface area is 879 Å². The molecule has 0 amide bonds. The van der Waals surface area contributed by atoms with Crippen LogP contribution in [0, 0.1) is 17.8 Å². The van der Waals surface area contributed by atoms with E-state index < -0.39 is 50.6 Å². The van der Waals surface area contributed by atoms with Gasteiger partial charge in [0, 0.05) is 95.9 Å². The van der Waals surface area contributed by atoms with E-state index in [9.17, 15) is 52.2 Å². The van der Waals surface area contributed by atoms with Crippen LogP contribution in [-0.4, -0.2) is 184 Å². The number of hydrogen-bond donors (Lipinski definition) is 4. The Morgan fingerprint density at radius 2 is 0.658 bits per heavy atom. The van der Waals surface area contributed by atoms with Crippen molar-refractivity contribution in [3.05, 3.63) is 193 Å². The van der Waals surface area contributed by atoms with Gasteiger partial charge in [0.2, 0.25) is 0 Å². The van der Waals surface area contributed by atoms with Crippen LogP contribution in [0.5, 0.6) is 57.5 Å². The number of rotatable bonds is 42. The van der Waals surface area contributed by atoms with Gasteiger partial charge >= 0.3 is 41.8 Å². The van der Waals surface area contributed by atoms with E-state index in [1.165, 1.54) is 44.7 Å². The lowest BCUT2D eigenvalue weighted by Gasteiger charge is -2.20. The zero-order valence-electron chi connectivity index (χ0n) is 91.4. The summed E-state index contributed by atoms with van der Waals surface area (Å²) in [6.07, 6.45) is 15.3. The van der Waals surface area contributed by atoms with Gasteiger partial charge in [-0.3, -0.25) is 28.2 Å². The number of carbonyl (C=O) groups is 7.